The zero-order chi connectivity index (χ0) is 22.0. The second-order valence-electron chi connectivity index (χ2n) is 7.53. The minimum Gasteiger partial charge on any atom is -0.335 e. The second kappa shape index (κ2) is 8.85. The van der Waals surface area contributed by atoms with Gasteiger partial charge < -0.3 is 20.9 Å². The Bertz CT molecular complexity index is 1040. The van der Waals surface area contributed by atoms with Crippen molar-refractivity contribution in [3.05, 3.63) is 60.7 Å². The maximum Gasteiger partial charge on any atom is 0.315 e. The molecule has 2 heterocycles. The molecule has 8 heteroatoms. The van der Waals surface area contributed by atoms with Crippen LogP contribution in [0.5, 0.6) is 0 Å². The third-order valence-corrected chi connectivity index (χ3v) is 6.28. The van der Waals surface area contributed by atoms with Crippen LogP contribution in [0.3, 0.4) is 0 Å². The molecule has 4 amide bonds. The molecule has 31 heavy (non-hydrogen) atoms. The monoisotopic (exact) mass is 436 g/mol. The van der Waals surface area contributed by atoms with E-state index in [9.17, 15) is 14.4 Å². The van der Waals surface area contributed by atoms with Crippen LogP contribution in [0.25, 0.3) is 11.1 Å². The Hall–Kier alpha value is -3.26. The van der Waals surface area contributed by atoms with Gasteiger partial charge in [-0.2, -0.15) is 0 Å². The number of hydrogen-bond acceptors (Lipinski definition) is 4. The van der Waals surface area contributed by atoms with Crippen LogP contribution < -0.4 is 16.0 Å². The van der Waals surface area contributed by atoms with Gasteiger partial charge in [0.05, 0.1) is 17.3 Å². The number of fused-ring (bicyclic) bond motifs is 2. The van der Waals surface area contributed by atoms with Crippen molar-refractivity contribution in [3.63, 3.8) is 0 Å². The minimum atomic E-state index is -0.617. The predicted octanol–water partition coefficient (Wildman–Crippen LogP) is 3.10. The summed E-state index contributed by atoms with van der Waals surface area (Å²) in [4.78, 5) is 40.8. The van der Waals surface area contributed by atoms with Crippen molar-refractivity contribution in [2.45, 2.75) is 23.4 Å². The maximum atomic E-state index is 13.3. The molecule has 2 unspecified atom stereocenters. The molecule has 2 atom stereocenters. The Balaban J connectivity index is 1.57. The number of benzene rings is 2. The summed E-state index contributed by atoms with van der Waals surface area (Å²) in [6.07, 6.45) is 3.98. The lowest BCUT2D eigenvalue weighted by Crippen LogP contribution is -2.44. The molecule has 1 saturated heterocycles. The molecule has 7 nitrogen and oxygen atoms in total. The molecule has 160 valence electrons. The zero-order valence-electron chi connectivity index (χ0n) is 17.2. The number of hydrogen-bond donors (Lipinski definition) is 3. The molecule has 0 aromatic heterocycles. The average Bonchev–Trinajstić information content (AvgIpc) is 3.17. The summed E-state index contributed by atoms with van der Waals surface area (Å²) in [5.41, 5.74) is 2.88. The summed E-state index contributed by atoms with van der Waals surface area (Å²) in [5, 5.41) is 8.36. The van der Waals surface area contributed by atoms with Crippen LogP contribution in [-0.4, -0.2) is 54.2 Å². The van der Waals surface area contributed by atoms with Gasteiger partial charge in [0.15, 0.2) is 0 Å². The summed E-state index contributed by atoms with van der Waals surface area (Å²) in [6.45, 7) is 4.19. The fraction of sp³-hybridized carbons (Fsp3) is 0.261. The zero-order valence-corrected chi connectivity index (χ0v) is 18.0. The van der Waals surface area contributed by atoms with E-state index in [0.29, 0.717) is 24.2 Å². The molecule has 0 spiro atoms. The maximum absolute atomic E-state index is 13.3. The van der Waals surface area contributed by atoms with Crippen molar-refractivity contribution >= 4 is 35.3 Å². The number of nitrogens with one attached hydrogen (secondary N) is 3. The number of rotatable bonds is 5. The second-order valence-corrected chi connectivity index (χ2v) is 8.41. The number of carbonyl (C=O) groups excluding carboxylic acids is 3. The SMILES string of the molecule is C=CCNC(=O)NC1CC2C(=O)Nc3ccc(-c4ccc(SC)cc4)cc3C(=O)N2C1. The normalized spacial score (nSPS) is 19.7. The van der Waals surface area contributed by atoms with Gasteiger partial charge in [-0.15, -0.1) is 18.3 Å². The first-order chi connectivity index (χ1) is 15.0. The van der Waals surface area contributed by atoms with Crippen LogP contribution >= 0.6 is 11.8 Å². The Morgan fingerprint density at radius 1 is 1.23 bits per heavy atom. The van der Waals surface area contributed by atoms with E-state index >= 15 is 0 Å². The molecule has 2 aromatic carbocycles. The molecular formula is C23H24N4O3S. The minimum absolute atomic E-state index is 0.211. The fourth-order valence-electron chi connectivity index (χ4n) is 3.98. The summed E-state index contributed by atoms with van der Waals surface area (Å²) >= 11 is 1.67. The molecule has 0 saturated carbocycles. The van der Waals surface area contributed by atoms with Crippen LogP contribution in [0, 0.1) is 0 Å². The molecule has 0 aliphatic carbocycles. The molecule has 2 aromatic rings. The van der Waals surface area contributed by atoms with Gasteiger partial charge in [0, 0.05) is 18.0 Å². The van der Waals surface area contributed by atoms with E-state index in [4.69, 9.17) is 0 Å². The van der Waals surface area contributed by atoms with Crippen LogP contribution in [-0.2, 0) is 4.79 Å². The van der Waals surface area contributed by atoms with E-state index in [1.165, 1.54) is 0 Å². The first kappa shape index (κ1) is 21.0. The number of urea groups is 1. The van der Waals surface area contributed by atoms with Crippen molar-refractivity contribution in [1.82, 2.24) is 15.5 Å². The van der Waals surface area contributed by atoms with Crippen molar-refractivity contribution in [1.29, 1.82) is 0 Å². The van der Waals surface area contributed by atoms with Gasteiger partial charge in [0.25, 0.3) is 5.91 Å². The van der Waals surface area contributed by atoms with Gasteiger partial charge in [-0.1, -0.05) is 24.3 Å². The van der Waals surface area contributed by atoms with Crippen molar-refractivity contribution in [3.8, 4) is 11.1 Å². The van der Waals surface area contributed by atoms with E-state index in [1.807, 2.05) is 42.7 Å². The lowest BCUT2D eigenvalue weighted by molar-refractivity contribution is -0.119. The first-order valence-corrected chi connectivity index (χ1v) is 11.3. The fourth-order valence-corrected chi connectivity index (χ4v) is 4.39. The highest BCUT2D eigenvalue weighted by Crippen LogP contribution is 2.32. The summed E-state index contributed by atoms with van der Waals surface area (Å²) in [5.74, 6) is -0.447. The lowest BCUT2D eigenvalue weighted by atomic mass is 10.0. The summed E-state index contributed by atoms with van der Waals surface area (Å²) in [7, 11) is 0. The molecule has 0 radical (unpaired) electrons. The van der Waals surface area contributed by atoms with E-state index in [2.05, 4.69) is 22.5 Å². The summed E-state index contributed by atoms with van der Waals surface area (Å²) in [6, 6.07) is 12.4. The highest BCUT2D eigenvalue weighted by molar-refractivity contribution is 7.98. The standard InChI is InChI=1S/C23H24N4O3S/c1-3-10-24-23(30)25-16-12-20-21(28)26-19-9-6-15(11-18(19)22(29)27(20)13-16)14-4-7-17(31-2)8-5-14/h3-9,11,16,20H,1,10,12-13H2,2H3,(H,26,28)(H2,24,25,30). The van der Waals surface area contributed by atoms with Gasteiger partial charge in [-0.25, -0.2) is 4.79 Å². The van der Waals surface area contributed by atoms with E-state index < -0.39 is 6.04 Å². The third kappa shape index (κ3) is 4.29. The average molecular weight is 437 g/mol. The van der Waals surface area contributed by atoms with Crippen LogP contribution in [0.15, 0.2) is 60.0 Å². The highest BCUT2D eigenvalue weighted by Gasteiger charge is 2.43. The highest BCUT2D eigenvalue weighted by atomic mass is 32.2. The molecule has 3 N–H and O–H groups in total. The Morgan fingerprint density at radius 2 is 1.97 bits per heavy atom. The van der Waals surface area contributed by atoms with Crippen molar-refractivity contribution in [2.75, 3.05) is 24.7 Å². The van der Waals surface area contributed by atoms with E-state index in [-0.39, 0.29) is 30.4 Å². The Labute approximate surface area is 185 Å². The molecule has 2 aliphatic heterocycles. The largest absolute Gasteiger partial charge is 0.335 e. The van der Waals surface area contributed by atoms with Gasteiger partial charge in [0.2, 0.25) is 5.91 Å². The van der Waals surface area contributed by atoms with E-state index in [1.54, 1.807) is 28.8 Å². The van der Waals surface area contributed by atoms with Gasteiger partial charge in [-0.3, -0.25) is 9.59 Å². The predicted molar refractivity (Wildman–Crippen MR) is 122 cm³/mol. The Morgan fingerprint density at radius 3 is 2.68 bits per heavy atom. The number of thioether (sulfide) groups is 1. The molecular weight excluding hydrogens is 412 g/mol. The molecule has 2 aliphatic rings. The molecule has 4 rings (SSSR count). The topological polar surface area (TPSA) is 90.5 Å². The Kier molecular flexibility index (Phi) is 5.99. The van der Waals surface area contributed by atoms with Crippen LogP contribution in [0.2, 0.25) is 0 Å². The lowest BCUT2D eigenvalue weighted by Gasteiger charge is -2.20. The van der Waals surface area contributed by atoms with Crippen LogP contribution in [0.1, 0.15) is 16.8 Å². The number of anilines is 1. The smallest absolute Gasteiger partial charge is 0.315 e. The quantitative estimate of drug-likeness (QED) is 0.496. The number of nitrogens with zero attached hydrogens (tertiary/aromatic N) is 1. The molecule has 0 bridgehead atoms. The van der Waals surface area contributed by atoms with E-state index in [0.717, 1.165) is 16.0 Å². The van der Waals surface area contributed by atoms with Gasteiger partial charge in [-0.05, 0) is 48.1 Å². The van der Waals surface area contributed by atoms with Crippen LogP contribution in [0.4, 0.5) is 10.5 Å². The van der Waals surface area contributed by atoms with Crippen molar-refractivity contribution in [2.24, 2.45) is 0 Å². The third-order valence-electron chi connectivity index (χ3n) is 5.54. The summed E-state index contributed by atoms with van der Waals surface area (Å²) < 4.78 is 0. The van der Waals surface area contributed by atoms with Gasteiger partial charge in [0.1, 0.15) is 6.04 Å². The van der Waals surface area contributed by atoms with Crippen molar-refractivity contribution < 1.29 is 14.4 Å². The number of carbonyl (C=O) groups is 3. The molecule has 1 fully saturated rings. The number of amides is 4. The first-order valence-electron chi connectivity index (χ1n) is 10.1. The van der Waals surface area contributed by atoms with Gasteiger partial charge >= 0.3 is 6.03 Å².